The van der Waals surface area contributed by atoms with Gasteiger partial charge in [0.05, 0.1) is 0 Å². The number of hydrogen-bond acceptors (Lipinski definition) is 2. The summed E-state index contributed by atoms with van der Waals surface area (Å²) in [6.07, 6.45) is 4.22. The summed E-state index contributed by atoms with van der Waals surface area (Å²) in [5, 5.41) is 13.0. The van der Waals surface area contributed by atoms with Gasteiger partial charge in [-0.25, -0.2) is 9.59 Å². The first-order valence-corrected chi connectivity index (χ1v) is 11.7. The highest BCUT2D eigenvalue weighted by Gasteiger charge is 2.23. The first-order valence-electron chi connectivity index (χ1n) is 10.9. The number of aryl methyl sites for hydroxylation is 2. The minimum atomic E-state index is -0.214. The van der Waals surface area contributed by atoms with Gasteiger partial charge in [0.15, 0.2) is 0 Å². The van der Waals surface area contributed by atoms with Crippen molar-refractivity contribution in [3.05, 3.63) is 57.6 Å². The van der Waals surface area contributed by atoms with Crippen molar-refractivity contribution in [2.45, 2.75) is 39.5 Å². The lowest BCUT2D eigenvalue weighted by molar-refractivity contribution is 0.230. The third-order valence-electron chi connectivity index (χ3n) is 5.87. The minimum absolute atomic E-state index is 0.214. The SMILES string of the molecule is Cc1cc(Cl)ccc1NC(=O)NC[C@@H]1CCC[C@@H](CNC(=O)Nc2ccc(Cl)cc2C)C1. The molecule has 1 fully saturated rings. The molecule has 0 unspecified atom stereocenters. The van der Waals surface area contributed by atoms with Crippen molar-refractivity contribution in [1.82, 2.24) is 10.6 Å². The van der Waals surface area contributed by atoms with Gasteiger partial charge in [-0.2, -0.15) is 0 Å². The van der Waals surface area contributed by atoms with E-state index in [0.29, 0.717) is 35.0 Å². The Labute approximate surface area is 199 Å². The number of benzene rings is 2. The number of rotatable bonds is 6. The summed E-state index contributed by atoms with van der Waals surface area (Å²) in [4.78, 5) is 24.6. The van der Waals surface area contributed by atoms with Crippen LogP contribution in [0.25, 0.3) is 0 Å². The largest absolute Gasteiger partial charge is 0.338 e. The lowest BCUT2D eigenvalue weighted by Gasteiger charge is -2.29. The molecule has 4 amide bonds. The van der Waals surface area contributed by atoms with Crippen molar-refractivity contribution in [1.29, 1.82) is 0 Å². The van der Waals surface area contributed by atoms with E-state index >= 15 is 0 Å². The lowest BCUT2D eigenvalue weighted by Crippen LogP contribution is -2.38. The van der Waals surface area contributed by atoms with Gasteiger partial charge in [0.25, 0.3) is 0 Å². The zero-order valence-electron chi connectivity index (χ0n) is 18.4. The molecular formula is C24H30Cl2N4O2. The van der Waals surface area contributed by atoms with Crippen molar-refractivity contribution < 1.29 is 9.59 Å². The Bertz CT molecular complexity index is 892. The number of hydrogen-bond donors (Lipinski definition) is 4. The van der Waals surface area contributed by atoms with Gasteiger partial charge >= 0.3 is 12.1 Å². The maximum atomic E-state index is 12.3. The predicted octanol–water partition coefficient (Wildman–Crippen LogP) is 6.36. The van der Waals surface area contributed by atoms with Crippen LogP contribution in [0.15, 0.2) is 36.4 Å². The zero-order chi connectivity index (χ0) is 23.1. The van der Waals surface area contributed by atoms with Gasteiger partial charge in [-0.3, -0.25) is 0 Å². The fraction of sp³-hybridized carbons (Fsp3) is 0.417. The number of anilines is 2. The second-order valence-corrected chi connectivity index (χ2v) is 9.36. The third kappa shape index (κ3) is 7.31. The van der Waals surface area contributed by atoms with E-state index in [4.69, 9.17) is 23.2 Å². The molecule has 0 saturated heterocycles. The van der Waals surface area contributed by atoms with Crippen LogP contribution in [0, 0.1) is 25.7 Å². The fourth-order valence-electron chi connectivity index (χ4n) is 4.11. The summed E-state index contributed by atoms with van der Waals surface area (Å²) in [6, 6.07) is 10.3. The molecule has 0 bridgehead atoms. The van der Waals surface area contributed by atoms with E-state index < -0.39 is 0 Å². The van der Waals surface area contributed by atoms with E-state index in [2.05, 4.69) is 21.3 Å². The number of carbonyl (C=O) groups excluding carboxylic acids is 2. The molecule has 1 aliphatic rings. The molecule has 32 heavy (non-hydrogen) atoms. The highest BCUT2D eigenvalue weighted by atomic mass is 35.5. The number of nitrogens with one attached hydrogen (secondary N) is 4. The molecular weight excluding hydrogens is 447 g/mol. The Morgan fingerprint density at radius 3 is 1.66 bits per heavy atom. The van der Waals surface area contributed by atoms with E-state index in [1.807, 2.05) is 26.0 Å². The van der Waals surface area contributed by atoms with Crippen molar-refractivity contribution in [2.75, 3.05) is 23.7 Å². The fourth-order valence-corrected chi connectivity index (χ4v) is 4.57. The predicted molar refractivity (Wildman–Crippen MR) is 132 cm³/mol. The molecule has 0 radical (unpaired) electrons. The van der Waals surface area contributed by atoms with Crippen LogP contribution in [0.4, 0.5) is 21.0 Å². The summed E-state index contributed by atoms with van der Waals surface area (Å²) in [5.74, 6) is 0.795. The van der Waals surface area contributed by atoms with Crippen LogP contribution in [0.5, 0.6) is 0 Å². The van der Waals surface area contributed by atoms with E-state index in [1.54, 1.807) is 24.3 Å². The Morgan fingerprint density at radius 1 is 0.812 bits per heavy atom. The Balaban J connectivity index is 1.40. The highest BCUT2D eigenvalue weighted by Crippen LogP contribution is 2.28. The summed E-state index contributed by atoms with van der Waals surface area (Å²) in [5.41, 5.74) is 3.34. The second kappa shape index (κ2) is 11.4. The van der Waals surface area contributed by atoms with Crippen molar-refractivity contribution in [3.8, 4) is 0 Å². The molecule has 0 aromatic heterocycles. The van der Waals surface area contributed by atoms with Crippen molar-refractivity contribution in [2.24, 2.45) is 11.8 Å². The Kier molecular flexibility index (Phi) is 8.65. The van der Waals surface area contributed by atoms with Crippen LogP contribution in [0.3, 0.4) is 0 Å². The number of halogens is 2. The van der Waals surface area contributed by atoms with Crippen molar-refractivity contribution >= 4 is 46.6 Å². The molecule has 1 saturated carbocycles. The quantitative estimate of drug-likeness (QED) is 0.391. The summed E-state index contributed by atoms with van der Waals surface area (Å²) < 4.78 is 0. The van der Waals surface area contributed by atoms with Crippen LogP contribution < -0.4 is 21.3 Å². The molecule has 2 aromatic carbocycles. The minimum Gasteiger partial charge on any atom is -0.338 e. The molecule has 6 nitrogen and oxygen atoms in total. The first-order chi connectivity index (χ1) is 15.3. The molecule has 4 N–H and O–H groups in total. The molecule has 0 aliphatic heterocycles. The van der Waals surface area contributed by atoms with Gasteiger partial charge in [-0.05, 0) is 92.5 Å². The molecule has 0 heterocycles. The molecule has 1 aliphatic carbocycles. The van der Waals surface area contributed by atoms with Gasteiger partial charge in [0.1, 0.15) is 0 Å². The monoisotopic (exact) mass is 476 g/mol. The summed E-state index contributed by atoms with van der Waals surface area (Å²) >= 11 is 11.9. The van der Waals surface area contributed by atoms with E-state index in [9.17, 15) is 9.59 Å². The average Bonchev–Trinajstić information content (AvgIpc) is 2.75. The van der Waals surface area contributed by atoms with E-state index in [1.165, 1.54) is 0 Å². The van der Waals surface area contributed by atoms with Crippen LogP contribution >= 0.6 is 23.2 Å². The van der Waals surface area contributed by atoms with Gasteiger partial charge in [-0.1, -0.05) is 29.6 Å². The van der Waals surface area contributed by atoms with Gasteiger partial charge in [0, 0.05) is 34.5 Å². The topological polar surface area (TPSA) is 82.3 Å². The smallest absolute Gasteiger partial charge is 0.319 e. The van der Waals surface area contributed by atoms with Crippen LogP contribution in [-0.2, 0) is 0 Å². The van der Waals surface area contributed by atoms with Gasteiger partial charge in [0.2, 0.25) is 0 Å². The molecule has 2 aromatic rings. The van der Waals surface area contributed by atoms with Crippen molar-refractivity contribution in [3.63, 3.8) is 0 Å². The third-order valence-corrected chi connectivity index (χ3v) is 6.34. The molecule has 172 valence electrons. The highest BCUT2D eigenvalue weighted by molar-refractivity contribution is 6.31. The van der Waals surface area contributed by atoms with E-state index in [0.717, 1.165) is 48.2 Å². The number of carbonyl (C=O) groups is 2. The van der Waals surface area contributed by atoms with Crippen LogP contribution in [-0.4, -0.2) is 25.2 Å². The van der Waals surface area contributed by atoms with Crippen LogP contribution in [0.2, 0.25) is 10.0 Å². The number of amides is 4. The Hall–Kier alpha value is -2.44. The maximum absolute atomic E-state index is 12.3. The molecule has 0 spiro atoms. The molecule has 8 heteroatoms. The lowest BCUT2D eigenvalue weighted by atomic mass is 9.81. The summed E-state index contributed by atoms with van der Waals surface area (Å²) in [7, 11) is 0. The van der Waals surface area contributed by atoms with Gasteiger partial charge < -0.3 is 21.3 Å². The number of urea groups is 2. The Morgan fingerprint density at radius 2 is 1.25 bits per heavy atom. The first kappa shape index (κ1) is 24.2. The summed E-state index contributed by atoms with van der Waals surface area (Å²) in [6.45, 7) is 5.05. The standard InChI is InChI=1S/C24H30Cl2N4O2/c1-15-10-19(25)6-8-21(15)29-23(31)27-13-17-4-3-5-18(12-17)14-28-24(32)30-22-9-7-20(26)11-16(22)2/h6-11,17-18H,3-5,12-14H2,1-2H3,(H2,27,29,31)(H2,28,30,32)/t17-,18-/m1/s1. The van der Waals surface area contributed by atoms with Crippen LogP contribution in [0.1, 0.15) is 36.8 Å². The zero-order valence-corrected chi connectivity index (χ0v) is 19.9. The maximum Gasteiger partial charge on any atom is 0.319 e. The molecule has 2 atom stereocenters. The normalized spacial score (nSPS) is 18.0. The average molecular weight is 477 g/mol. The van der Waals surface area contributed by atoms with E-state index in [-0.39, 0.29) is 12.1 Å². The van der Waals surface area contributed by atoms with Gasteiger partial charge in [-0.15, -0.1) is 0 Å². The second-order valence-electron chi connectivity index (χ2n) is 8.49. The molecule has 3 rings (SSSR count).